The second-order valence-electron chi connectivity index (χ2n) is 12.3. The van der Waals surface area contributed by atoms with Crippen LogP contribution in [0.25, 0.3) is 44.3 Å². The smallest absolute Gasteiger partial charge is 0.159 e. The van der Waals surface area contributed by atoms with Gasteiger partial charge in [-0.3, -0.25) is 4.79 Å². The summed E-state index contributed by atoms with van der Waals surface area (Å²) in [5, 5.41) is 11.8. The maximum atomic E-state index is 11.2. The van der Waals surface area contributed by atoms with Crippen LogP contribution in [0.5, 0.6) is 0 Å². The van der Waals surface area contributed by atoms with E-state index in [1.54, 1.807) is 0 Å². The number of hydrogen-bond acceptors (Lipinski definition) is 3. The summed E-state index contributed by atoms with van der Waals surface area (Å²) in [6, 6.07) is 23.4. The molecule has 0 unspecified atom stereocenters. The monoisotopic (exact) mass is 725 g/mol. The summed E-state index contributed by atoms with van der Waals surface area (Å²) in [5.41, 5.74) is 9.92. The molecule has 0 fully saturated rings. The first-order valence-electron chi connectivity index (χ1n) is 14.5. The molecule has 4 heteroatoms. The average molecular weight is 725 g/mol. The average Bonchev–Trinajstić information content (AvgIpc) is 2.97. The van der Waals surface area contributed by atoms with Gasteiger partial charge in [0, 0.05) is 45.2 Å². The number of aliphatic hydroxyl groups is 1. The quantitative estimate of drug-likeness (QED) is 0.103. The van der Waals surface area contributed by atoms with Gasteiger partial charge in [0.1, 0.15) is 0 Å². The van der Waals surface area contributed by atoms with E-state index in [-0.39, 0.29) is 31.6 Å². The Balaban J connectivity index is 0.000000284. The number of rotatable bonds is 7. The predicted octanol–water partition coefficient (Wildman–Crippen LogP) is 9.94. The molecule has 1 N–H and O–H groups in total. The van der Waals surface area contributed by atoms with Gasteiger partial charge in [-0.25, -0.2) is 0 Å². The van der Waals surface area contributed by atoms with Crippen molar-refractivity contribution in [2.45, 2.75) is 67.7 Å². The second kappa shape index (κ2) is 14.2. The van der Waals surface area contributed by atoms with Crippen LogP contribution >= 0.6 is 0 Å². The van der Waals surface area contributed by atoms with Gasteiger partial charge in [0.05, 0.1) is 5.76 Å². The first-order valence-corrected chi connectivity index (χ1v) is 14.5. The number of benzene rings is 3. The number of aryl methyl sites for hydroxylation is 1. The molecule has 0 saturated heterocycles. The van der Waals surface area contributed by atoms with E-state index in [0.29, 0.717) is 30.6 Å². The molecule has 3 aromatic carbocycles. The fourth-order valence-corrected chi connectivity index (χ4v) is 5.50. The van der Waals surface area contributed by atoms with Crippen LogP contribution in [0.2, 0.25) is 0 Å². The van der Waals surface area contributed by atoms with Gasteiger partial charge in [-0.05, 0) is 75.9 Å². The topological polar surface area (TPSA) is 50.2 Å². The Morgan fingerprint density at radius 2 is 1.61 bits per heavy atom. The predicted molar refractivity (Wildman–Crippen MR) is 168 cm³/mol. The molecule has 0 bridgehead atoms. The van der Waals surface area contributed by atoms with E-state index >= 15 is 0 Å². The molecule has 41 heavy (non-hydrogen) atoms. The minimum atomic E-state index is 0. The van der Waals surface area contributed by atoms with Crippen molar-refractivity contribution in [2.24, 2.45) is 17.8 Å². The molecule has 0 aliphatic heterocycles. The van der Waals surface area contributed by atoms with E-state index in [2.05, 4.69) is 75.4 Å². The SMILES string of the molecule is CC(C)CC(=O)/C=C(\O)CC(C)C.Cc1cc2c3c(nccc3c1)-c1[c-]cccc1-c1cc(CC(C)C)ccc1-2.[Ir]. The summed E-state index contributed by atoms with van der Waals surface area (Å²) in [7, 11) is 0. The van der Waals surface area contributed by atoms with Gasteiger partial charge in [-0.2, -0.15) is 0 Å². The third-order valence-electron chi connectivity index (χ3n) is 6.96. The zero-order valence-corrected chi connectivity index (χ0v) is 27.7. The van der Waals surface area contributed by atoms with Crippen molar-refractivity contribution in [3.63, 3.8) is 0 Å². The van der Waals surface area contributed by atoms with E-state index in [4.69, 9.17) is 4.98 Å². The Bertz CT molecular complexity index is 1550. The van der Waals surface area contributed by atoms with Crippen LogP contribution in [0, 0.1) is 30.7 Å². The van der Waals surface area contributed by atoms with Gasteiger partial charge >= 0.3 is 0 Å². The second-order valence-corrected chi connectivity index (χ2v) is 12.3. The maximum Gasteiger partial charge on any atom is 0.159 e. The van der Waals surface area contributed by atoms with Gasteiger partial charge in [-0.1, -0.05) is 83.0 Å². The third kappa shape index (κ3) is 8.03. The fraction of sp³-hybridized carbons (Fsp3) is 0.351. The Kier molecular flexibility index (Phi) is 11.2. The van der Waals surface area contributed by atoms with E-state index in [9.17, 15) is 9.90 Å². The van der Waals surface area contributed by atoms with Crippen molar-refractivity contribution in [3.05, 3.63) is 89.8 Å². The Morgan fingerprint density at radius 1 is 0.878 bits per heavy atom. The van der Waals surface area contributed by atoms with Crippen LogP contribution in [0.15, 0.2) is 72.6 Å². The van der Waals surface area contributed by atoms with Crippen LogP contribution < -0.4 is 0 Å². The maximum absolute atomic E-state index is 11.2. The minimum Gasteiger partial charge on any atom is -0.512 e. The number of aromatic nitrogens is 1. The molecule has 0 atom stereocenters. The largest absolute Gasteiger partial charge is 0.512 e. The summed E-state index contributed by atoms with van der Waals surface area (Å²) in [6.07, 6.45) is 5.48. The van der Waals surface area contributed by atoms with Gasteiger partial charge in [0.2, 0.25) is 0 Å². The molecular weight excluding hydrogens is 683 g/mol. The molecule has 1 aromatic heterocycles. The van der Waals surface area contributed by atoms with Crippen LogP contribution in [-0.2, 0) is 31.3 Å². The number of allylic oxidation sites excluding steroid dienone is 2. The van der Waals surface area contributed by atoms with Crippen LogP contribution in [0.3, 0.4) is 0 Å². The summed E-state index contributed by atoms with van der Waals surface area (Å²) < 4.78 is 0. The minimum absolute atomic E-state index is 0. The third-order valence-corrected chi connectivity index (χ3v) is 6.96. The van der Waals surface area contributed by atoms with Crippen LogP contribution in [-0.4, -0.2) is 15.9 Å². The first kappa shape index (κ1) is 32.4. The molecule has 1 heterocycles. The number of hydrogen-bond donors (Lipinski definition) is 1. The van der Waals surface area contributed by atoms with Crippen molar-refractivity contribution >= 4 is 16.6 Å². The van der Waals surface area contributed by atoms with E-state index < -0.39 is 0 Å². The van der Waals surface area contributed by atoms with Crippen molar-refractivity contribution in [1.82, 2.24) is 4.98 Å². The van der Waals surface area contributed by atoms with Crippen molar-refractivity contribution in [1.29, 1.82) is 0 Å². The Morgan fingerprint density at radius 3 is 2.29 bits per heavy atom. The van der Waals surface area contributed by atoms with Crippen molar-refractivity contribution < 1.29 is 30.0 Å². The summed E-state index contributed by atoms with van der Waals surface area (Å²) in [4.78, 5) is 16.0. The zero-order valence-electron chi connectivity index (χ0n) is 25.3. The first-order chi connectivity index (χ1) is 19.0. The van der Waals surface area contributed by atoms with Gasteiger partial charge in [0.25, 0.3) is 0 Å². The molecule has 217 valence electrons. The summed E-state index contributed by atoms with van der Waals surface area (Å²) in [6.45, 7) is 14.7. The number of carbonyl (C=O) groups excluding carboxylic acids is 1. The van der Waals surface area contributed by atoms with Crippen LogP contribution in [0.1, 0.15) is 65.5 Å². The molecule has 0 amide bonds. The van der Waals surface area contributed by atoms with Gasteiger partial charge < -0.3 is 10.1 Å². The van der Waals surface area contributed by atoms with Crippen molar-refractivity contribution in [2.75, 3.05) is 0 Å². The molecule has 0 spiro atoms. The number of nitrogens with zero attached hydrogens (tertiary/aromatic N) is 1. The molecule has 4 aromatic rings. The summed E-state index contributed by atoms with van der Waals surface area (Å²) in [5.74, 6) is 1.62. The summed E-state index contributed by atoms with van der Waals surface area (Å²) >= 11 is 0. The van der Waals surface area contributed by atoms with Gasteiger partial charge in [0.15, 0.2) is 5.78 Å². The molecule has 1 radical (unpaired) electrons. The van der Waals surface area contributed by atoms with E-state index in [1.165, 1.54) is 50.2 Å². The molecule has 3 nitrogen and oxygen atoms in total. The standard InChI is InChI=1S/C26H22N.C11H20O2.Ir/c1-16(2)12-18-8-9-21-23(15-18)20-6-4-5-7-22(20)26-25-19(10-11-27-26)13-17(3)14-24(21)25;1-8(2)5-10(12)7-11(13)6-9(3)4;/h4-6,8-11,13-16H,12H2,1-3H3;7-9,12H,5-6H2,1-4H3;/q-1;;/b;10-7-;. The van der Waals surface area contributed by atoms with Crippen molar-refractivity contribution in [3.8, 4) is 33.5 Å². The van der Waals surface area contributed by atoms with Gasteiger partial charge in [-0.15, -0.1) is 29.8 Å². The van der Waals surface area contributed by atoms with E-state index in [1.807, 2.05) is 40.0 Å². The number of fused-ring (bicyclic) bond motifs is 5. The van der Waals surface area contributed by atoms with Crippen LogP contribution in [0.4, 0.5) is 0 Å². The Hall–Kier alpha value is -3.07. The molecule has 5 rings (SSSR count). The molecule has 1 aliphatic rings. The number of carbonyl (C=O) groups is 1. The zero-order chi connectivity index (χ0) is 29.0. The number of ketones is 1. The number of aliphatic hydroxyl groups excluding tert-OH is 1. The number of pyridine rings is 1. The molecule has 1 aliphatic carbocycles. The molecular formula is C37H42IrNO2-. The normalized spacial score (nSPS) is 11.9. The Labute approximate surface area is 259 Å². The fourth-order valence-electron chi connectivity index (χ4n) is 5.50. The molecule has 0 saturated carbocycles. The van der Waals surface area contributed by atoms with E-state index in [0.717, 1.165) is 17.7 Å².